The molecule has 3 aromatic carbocycles. The molecule has 0 fully saturated rings. The van der Waals surface area contributed by atoms with E-state index < -0.39 is 6.04 Å². The molecule has 0 radical (unpaired) electrons. The molecule has 1 N–H and O–H groups in total. The molecule has 0 aliphatic heterocycles. The van der Waals surface area contributed by atoms with E-state index >= 15 is 0 Å². The molecule has 28 heavy (non-hydrogen) atoms. The van der Waals surface area contributed by atoms with E-state index in [1.54, 1.807) is 12.1 Å². The lowest BCUT2D eigenvalue weighted by molar-refractivity contribution is -0.141. The summed E-state index contributed by atoms with van der Waals surface area (Å²) in [5.74, 6) is -0.695. The molecule has 0 unspecified atom stereocenters. The van der Waals surface area contributed by atoms with Crippen molar-refractivity contribution in [1.29, 1.82) is 0 Å². The fraction of sp³-hybridized carbons (Fsp3) is 0.174. The number of esters is 1. The van der Waals surface area contributed by atoms with Crippen LogP contribution in [0.4, 0.5) is 5.69 Å². The maximum atomic E-state index is 12.2. The van der Waals surface area contributed by atoms with Gasteiger partial charge in [0.1, 0.15) is 0 Å². The quantitative estimate of drug-likeness (QED) is 0.416. The Balaban J connectivity index is 2.10. The molecule has 0 amide bonds. The van der Waals surface area contributed by atoms with Gasteiger partial charge in [0.05, 0.1) is 25.3 Å². The highest BCUT2D eigenvalue weighted by Gasteiger charge is 2.32. The number of nitrogens with zero attached hydrogens (tertiary/aromatic N) is 1. The van der Waals surface area contributed by atoms with Crippen molar-refractivity contribution < 1.29 is 14.7 Å². The van der Waals surface area contributed by atoms with Crippen LogP contribution in [0.25, 0.3) is 0 Å². The Labute approximate surface area is 169 Å². The smallest absolute Gasteiger partial charge is 0.306 e. The number of anilines is 1. The van der Waals surface area contributed by atoms with E-state index in [2.05, 4.69) is 0 Å². The zero-order chi connectivity index (χ0) is 19.9. The molecule has 3 rings (SSSR count). The SMILES string of the molecule is COC(=O)C[C@H](c1ccc(Cl)cc1)[C@H](c1ccccc1)N(O)c1ccccc1. The van der Waals surface area contributed by atoms with Gasteiger partial charge in [0.25, 0.3) is 0 Å². The van der Waals surface area contributed by atoms with E-state index in [1.165, 1.54) is 12.2 Å². The highest BCUT2D eigenvalue weighted by atomic mass is 35.5. The minimum atomic E-state index is -0.496. The minimum absolute atomic E-state index is 0.113. The molecule has 0 aromatic heterocycles. The van der Waals surface area contributed by atoms with E-state index in [0.29, 0.717) is 10.7 Å². The van der Waals surface area contributed by atoms with Crippen molar-refractivity contribution in [2.24, 2.45) is 0 Å². The molecule has 0 spiro atoms. The maximum Gasteiger partial charge on any atom is 0.306 e. The van der Waals surface area contributed by atoms with Crippen molar-refractivity contribution in [2.45, 2.75) is 18.4 Å². The monoisotopic (exact) mass is 395 g/mol. The third-order valence-corrected chi connectivity index (χ3v) is 4.97. The van der Waals surface area contributed by atoms with Gasteiger partial charge in [-0.1, -0.05) is 72.3 Å². The molecule has 0 aliphatic rings. The van der Waals surface area contributed by atoms with Crippen LogP contribution in [0, 0.1) is 0 Å². The predicted molar refractivity (Wildman–Crippen MR) is 111 cm³/mol. The van der Waals surface area contributed by atoms with Gasteiger partial charge in [-0.15, -0.1) is 0 Å². The van der Waals surface area contributed by atoms with Gasteiger partial charge in [0.2, 0.25) is 0 Å². The minimum Gasteiger partial charge on any atom is -0.469 e. The largest absolute Gasteiger partial charge is 0.469 e. The first-order chi connectivity index (χ1) is 13.6. The van der Waals surface area contributed by atoms with Gasteiger partial charge in [-0.2, -0.15) is 0 Å². The number of methoxy groups -OCH3 is 1. The Morgan fingerprint density at radius 2 is 1.50 bits per heavy atom. The third-order valence-electron chi connectivity index (χ3n) is 4.72. The first kappa shape index (κ1) is 19.9. The molecule has 3 aromatic rings. The standard InChI is InChI=1S/C23H22ClNO3/c1-28-22(26)16-21(17-12-14-19(24)15-13-17)23(18-8-4-2-5-9-18)25(27)20-10-6-3-7-11-20/h2-15,21,23,27H,16H2,1H3/t21-,23+/m1/s1. The van der Waals surface area contributed by atoms with Gasteiger partial charge in [0, 0.05) is 10.9 Å². The first-order valence-corrected chi connectivity index (χ1v) is 9.38. The molecular weight excluding hydrogens is 374 g/mol. The number of halogens is 1. The summed E-state index contributed by atoms with van der Waals surface area (Å²) < 4.78 is 4.93. The molecular formula is C23H22ClNO3. The van der Waals surface area contributed by atoms with Crippen LogP contribution in [0.2, 0.25) is 5.02 Å². The molecule has 0 saturated carbocycles. The fourth-order valence-electron chi connectivity index (χ4n) is 3.32. The van der Waals surface area contributed by atoms with Crippen LogP contribution < -0.4 is 5.06 Å². The van der Waals surface area contributed by atoms with Crippen molar-refractivity contribution in [2.75, 3.05) is 12.2 Å². The fourth-order valence-corrected chi connectivity index (χ4v) is 3.45. The first-order valence-electron chi connectivity index (χ1n) is 9.00. The molecule has 4 nitrogen and oxygen atoms in total. The topological polar surface area (TPSA) is 49.8 Å². The van der Waals surface area contributed by atoms with Crippen LogP contribution >= 0.6 is 11.6 Å². The van der Waals surface area contributed by atoms with Gasteiger partial charge in [-0.25, -0.2) is 5.06 Å². The lowest BCUT2D eigenvalue weighted by Gasteiger charge is -2.34. The van der Waals surface area contributed by atoms with Crippen molar-refractivity contribution >= 4 is 23.3 Å². The Kier molecular flexibility index (Phi) is 6.69. The number of para-hydroxylation sites is 1. The summed E-state index contributed by atoms with van der Waals surface area (Å²) in [6.45, 7) is 0. The zero-order valence-electron chi connectivity index (χ0n) is 15.5. The number of rotatable bonds is 7. The second-order valence-corrected chi connectivity index (χ2v) is 6.91. The lowest BCUT2D eigenvalue weighted by Crippen LogP contribution is -2.31. The van der Waals surface area contributed by atoms with E-state index in [4.69, 9.17) is 16.3 Å². The van der Waals surface area contributed by atoms with Crippen molar-refractivity contribution in [3.8, 4) is 0 Å². The normalized spacial score (nSPS) is 12.8. The summed E-state index contributed by atoms with van der Waals surface area (Å²) in [6.07, 6.45) is 0.113. The average molecular weight is 396 g/mol. The summed E-state index contributed by atoms with van der Waals surface area (Å²) in [4.78, 5) is 12.2. The molecule has 0 heterocycles. The molecule has 0 saturated heterocycles. The van der Waals surface area contributed by atoms with E-state index in [0.717, 1.165) is 11.1 Å². The number of benzene rings is 3. The van der Waals surface area contributed by atoms with Crippen LogP contribution in [0.3, 0.4) is 0 Å². The number of hydroxylamine groups is 1. The lowest BCUT2D eigenvalue weighted by atomic mass is 9.84. The zero-order valence-corrected chi connectivity index (χ0v) is 16.3. The van der Waals surface area contributed by atoms with Gasteiger partial charge in [0.15, 0.2) is 0 Å². The maximum absolute atomic E-state index is 12.2. The second kappa shape index (κ2) is 9.40. The van der Waals surface area contributed by atoms with Crippen LogP contribution in [0.15, 0.2) is 84.9 Å². The molecule has 0 bridgehead atoms. The van der Waals surface area contributed by atoms with Crippen LogP contribution in [0.1, 0.15) is 29.5 Å². The summed E-state index contributed by atoms with van der Waals surface area (Å²) in [5, 5.41) is 13.0. The average Bonchev–Trinajstić information content (AvgIpc) is 2.75. The van der Waals surface area contributed by atoms with E-state index in [1.807, 2.05) is 72.8 Å². The number of carbonyl (C=O) groups excluding carboxylic acids is 1. The van der Waals surface area contributed by atoms with Crippen LogP contribution in [-0.4, -0.2) is 18.3 Å². The Morgan fingerprint density at radius 3 is 2.07 bits per heavy atom. The summed E-state index contributed by atoms with van der Waals surface area (Å²) in [6, 6.07) is 25.7. The molecule has 5 heteroatoms. The van der Waals surface area contributed by atoms with Gasteiger partial charge >= 0.3 is 5.97 Å². The van der Waals surface area contributed by atoms with Crippen molar-refractivity contribution in [1.82, 2.24) is 0 Å². The Bertz CT molecular complexity index is 885. The van der Waals surface area contributed by atoms with E-state index in [9.17, 15) is 10.0 Å². The highest BCUT2D eigenvalue weighted by molar-refractivity contribution is 6.30. The summed E-state index contributed by atoms with van der Waals surface area (Å²) in [7, 11) is 1.37. The Morgan fingerprint density at radius 1 is 0.929 bits per heavy atom. The molecule has 144 valence electrons. The highest BCUT2D eigenvalue weighted by Crippen LogP contribution is 2.40. The van der Waals surface area contributed by atoms with E-state index in [-0.39, 0.29) is 18.3 Å². The number of hydrogen-bond donors (Lipinski definition) is 1. The van der Waals surface area contributed by atoms with Gasteiger partial charge in [-0.3, -0.25) is 10.0 Å². The Hall–Kier alpha value is -2.82. The van der Waals surface area contributed by atoms with Crippen molar-refractivity contribution in [3.63, 3.8) is 0 Å². The molecule has 0 aliphatic carbocycles. The van der Waals surface area contributed by atoms with Crippen LogP contribution in [0.5, 0.6) is 0 Å². The summed E-state index contributed by atoms with van der Waals surface area (Å²) in [5.41, 5.74) is 2.41. The summed E-state index contributed by atoms with van der Waals surface area (Å²) >= 11 is 6.05. The van der Waals surface area contributed by atoms with Gasteiger partial charge < -0.3 is 4.74 Å². The number of hydrogen-bond acceptors (Lipinski definition) is 4. The number of ether oxygens (including phenoxy) is 1. The van der Waals surface area contributed by atoms with Crippen LogP contribution in [-0.2, 0) is 9.53 Å². The second-order valence-electron chi connectivity index (χ2n) is 6.47. The third kappa shape index (κ3) is 4.71. The predicted octanol–water partition coefficient (Wildman–Crippen LogP) is 5.62. The van der Waals surface area contributed by atoms with Gasteiger partial charge in [-0.05, 0) is 35.4 Å². The number of carbonyl (C=O) groups is 1. The van der Waals surface area contributed by atoms with Crippen molar-refractivity contribution in [3.05, 3.63) is 101 Å². The molecule has 2 atom stereocenters.